The van der Waals surface area contributed by atoms with E-state index in [1.54, 1.807) is 25.3 Å². The molecule has 0 aliphatic heterocycles. The number of hydrogen-bond donors (Lipinski definition) is 1. The highest BCUT2D eigenvalue weighted by Crippen LogP contribution is 2.22. The normalized spacial score (nSPS) is 14.8. The van der Waals surface area contributed by atoms with Crippen molar-refractivity contribution in [2.75, 3.05) is 7.11 Å². The summed E-state index contributed by atoms with van der Waals surface area (Å²) in [4.78, 5) is 0. The van der Waals surface area contributed by atoms with Gasteiger partial charge in [0.2, 0.25) is 0 Å². The molecule has 0 aromatic heterocycles. The van der Waals surface area contributed by atoms with Gasteiger partial charge in [0.05, 0.1) is 12.2 Å². The fourth-order valence-corrected chi connectivity index (χ4v) is 1.91. The van der Waals surface area contributed by atoms with Gasteiger partial charge in [-0.2, -0.15) is 0 Å². The largest absolute Gasteiger partial charge is 0.393 e. The smallest absolute Gasteiger partial charge is 0.0605 e. The number of aliphatic hydroxyl groups excluding tert-OH is 1. The Balaban J connectivity index is 2.61. The Labute approximate surface area is 106 Å². The van der Waals surface area contributed by atoms with Crippen molar-refractivity contribution in [3.05, 3.63) is 33.8 Å². The molecule has 90 valence electrons. The van der Waals surface area contributed by atoms with Gasteiger partial charge in [-0.1, -0.05) is 23.2 Å². The average molecular weight is 263 g/mol. The van der Waals surface area contributed by atoms with Crippen LogP contribution in [-0.4, -0.2) is 24.4 Å². The molecule has 2 nitrogen and oxygen atoms in total. The van der Waals surface area contributed by atoms with Crippen LogP contribution in [0, 0.1) is 0 Å². The second-order valence-electron chi connectivity index (χ2n) is 3.88. The number of benzene rings is 1. The van der Waals surface area contributed by atoms with E-state index in [0.717, 1.165) is 5.56 Å². The summed E-state index contributed by atoms with van der Waals surface area (Å²) >= 11 is 11.9. The Morgan fingerprint density at radius 3 is 2.69 bits per heavy atom. The molecule has 0 heterocycles. The van der Waals surface area contributed by atoms with Gasteiger partial charge in [-0.05, 0) is 43.5 Å². The average Bonchev–Trinajstić information content (AvgIpc) is 2.23. The highest BCUT2D eigenvalue weighted by Gasteiger charge is 2.12. The topological polar surface area (TPSA) is 29.5 Å². The standard InChI is InChI=1S/C12H16Cl2O2/c1-8(16-2)5-11(15)7-9-6-10(13)3-4-12(9)14/h3-4,6,8,11,15H,5,7H2,1-2H3. The van der Waals surface area contributed by atoms with Crippen molar-refractivity contribution in [1.82, 2.24) is 0 Å². The summed E-state index contributed by atoms with van der Waals surface area (Å²) in [5.74, 6) is 0. The Hall–Kier alpha value is -0.280. The van der Waals surface area contributed by atoms with Gasteiger partial charge in [0.1, 0.15) is 0 Å². The lowest BCUT2D eigenvalue weighted by Gasteiger charge is -2.16. The van der Waals surface area contributed by atoms with E-state index in [1.807, 2.05) is 6.92 Å². The van der Waals surface area contributed by atoms with Gasteiger partial charge < -0.3 is 9.84 Å². The molecular formula is C12H16Cl2O2. The van der Waals surface area contributed by atoms with Gasteiger partial charge in [-0.25, -0.2) is 0 Å². The molecule has 1 rings (SSSR count). The summed E-state index contributed by atoms with van der Waals surface area (Å²) in [7, 11) is 1.63. The summed E-state index contributed by atoms with van der Waals surface area (Å²) in [5.41, 5.74) is 0.866. The highest BCUT2D eigenvalue weighted by atomic mass is 35.5. The summed E-state index contributed by atoms with van der Waals surface area (Å²) in [6.07, 6.45) is 0.644. The van der Waals surface area contributed by atoms with Crippen LogP contribution in [0.15, 0.2) is 18.2 Å². The van der Waals surface area contributed by atoms with E-state index in [9.17, 15) is 5.11 Å². The second kappa shape index (κ2) is 6.45. The summed E-state index contributed by atoms with van der Waals surface area (Å²) in [6.45, 7) is 1.92. The van der Waals surface area contributed by atoms with E-state index in [4.69, 9.17) is 27.9 Å². The predicted octanol–water partition coefficient (Wildman–Crippen LogP) is 3.32. The van der Waals surface area contributed by atoms with Gasteiger partial charge >= 0.3 is 0 Å². The van der Waals surface area contributed by atoms with Gasteiger partial charge in [0.25, 0.3) is 0 Å². The van der Waals surface area contributed by atoms with E-state index in [-0.39, 0.29) is 6.10 Å². The number of hydrogen-bond acceptors (Lipinski definition) is 2. The third kappa shape index (κ3) is 4.30. The molecule has 1 aromatic rings. The monoisotopic (exact) mass is 262 g/mol. The molecule has 2 unspecified atom stereocenters. The van der Waals surface area contributed by atoms with Gasteiger partial charge in [0.15, 0.2) is 0 Å². The van der Waals surface area contributed by atoms with Crippen LogP contribution in [0.2, 0.25) is 10.0 Å². The minimum Gasteiger partial charge on any atom is -0.393 e. The molecule has 0 fully saturated rings. The van der Waals surface area contributed by atoms with Crippen molar-refractivity contribution in [3.8, 4) is 0 Å². The maximum Gasteiger partial charge on any atom is 0.0605 e. The SMILES string of the molecule is COC(C)CC(O)Cc1cc(Cl)ccc1Cl. The third-order valence-corrected chi connectivity index (χ3v) is 3.07. The highest BCUT2D eigenvalue weighted by molar-refractivity contribution is 6.33. The molecular weight excluding hydrogens is 247 g/mol. The zero-order valence-corrected chi connectivity index (χ0v) is 10.9. The van der Waals surface area contributed by atoms with Crippen LogP contribution < -0.4 is 0 Å². The van der Waals surface area contributed by atoms with Crippen LogP contribution in [0.3, 0.4) is 0 Å². The molecule has 1 N–H and O–H groups in total. The molecule has 1 aromatic carbocycles. The zero-order valence-electron chi connectivity index (χ0n) is 9.41. The van der Waals surface area contributed by atoms with Gasteiger partial charge in [-0.15, -0.1) is 0 Å². The molecule has 0 saturated heterocycles. The summed E-state index contributed by atoms with van der Waals surface area (Å²) < 4.78 is 5.09. The predicted molar refractivity (Wildman–Crippen MR) is 67.3 cm³/mol. The van der Waals surface area contributed by atoms with Crippen LogP contribution in [0.5, 0.6) is 0 Å². The first-order chi connectivity index (χ1) is 7.52. The maximum atomic E-state index is 9.84. The van der Waals surface area contributed by atoms with Crippen molar-refractivity contribution in [1.29, 1.82) is 0 Å². The molecule has 0 radical (unpaired) electrons. The molecule has 0 aliphatic carbocycles. The number of ether oxygens (including phenoxy) is 1. The van der Waals surface area contributed by atoms with Crippen LogP contribution in [0.4, 0.5) is 0 Å². The minimum atomic E-state index is -0.467. The van der Waals surface area contributed by atoms with Crippen LogP contribution in [-0.2, 0) is 11.2 Å². The van der Waals surface area contributed by atoms with E-state index in [2.05, 4.69) is 0 Å². The summed E-state index contributed by atoms with van der Waals surface area (Å²) in [5, 5.41) is 11.1. The van der Waals surface area contributed by atoms with E-state index >= 15 is 0 Å². The maximum absolute atomic E-state index is 9.84. The van der Waals surface area contributed by atoms with Crippen LogP contribution in [0.25, 0.3) is 0 Å². The zero-order chi connectivity index (χ0) is 12.1. The quantitative estimate of drug-likeness (QED) is 0.883. The lowest BCUT2D eigenvalue weighted by molar-refractivity contribution is 0.0565. The van der Waals surface area contributed by atoms with Crippen molar-refractivity contribution < 1.29 is 9.84 Å². The lowest BCUT2D eigenvalue weighted by atomic mass is 10.0. The molecule has 0 amide bonds. The molecule has 0 saturated carbocycles. The first kappa shape index (κ1) is 13.8. The van der Waals surface area contributed by atoms with E-state index < -0.39 is 6.10 Å². The molecule has 0 bridgehead atoms. The first-order valence-corrected chi connectivity index (χ1v) is 5.93. The van der Waals surface area contributed by atoms with Crippen LogP contribution in [0.1, 0.15) is 18.9 Å². The van der Waals surface area contributed by atoms with E-state index in [0.29, 0.717) is 22.9 Å². The van der Waals surface area contributed by atoms with Crippen LogP contribution >= 0.6 is 23.2 Å². The fraction of sp³-hybridized carbons (Fsp3) is 0.500. The summed E-state index contributed by atoms with van der Waals surface area (Å²) in [6, 6.07) is 5.26. The van der Waals surface area contributed by atoms with Crippen molar-refractivity contribution in [2.45, 2.75) is 32.0 Å². The molecule has 0 spiro atoms. The molecule has 0 aliphatic rings. The molecule has 2 atom stereocenters. The number of rotatable bonds is 5. The molecule has 16 heavy (non-hydrogen) atoms. The number of aliphatic hydroxyl groups is 1. The minimum absolute atomic E-state index is 0.0351. The fourth-order valence-electron chi connectivity index (χ4n) is 1.52. The first-order valence-electron chi connectivity index (χ1n) is 5.17. The van der Waals surface area contributed by atoms with Crippen molar-refractivity contribution >= 4 is 23.2 Å². The molecule has 4 heteroatoms. The number of halogens is 2. The van der Waals surface area contributed by atoms with Gasteiger partial charge in [-0.3, -0.25) is 0 Å². The Kier molecular flexibility index (Phi) is 5.56. The Morgan fingerprint density at radius 1 is 1.38 bits per heavy atom. The van der Waals surface area contributed by atoms with Crippen molar-refractivity contribution in [2.24, 2.45) is 0 Å². The third-order valence-electron chi connectivity index (χ3n) is 2.47. The van der Waals surface area contributed by atoms with Gasteiger partial charge in [0, 0.05) is 17.2 Å². The Morgan fingerprint density at radius 2 is 2.06 bits per heavy atom. The van der Waals surface area contributed by atoms with Crippen molar-refractivity contribution in [3.63, 3.8) is 0 Å². The Bertz CT molecular complexity index is 342. The second-order valence-corrected chi connectivity index (χ2v) is 4.72. The number of methoxy groups -OCH3 is 1. The lowest BCUT2D eigenvalue weighted by Crippen LogP contribution is -2.19. The van der Waals surface area contributed by atoms with E-state index in [1.165, 1.54) is 0 Å².